The largest absolute Gasteiger partial charge is 0.497 e. The lowest BCUT2D eigenvalue weighted by Crippen LogP contribution is -2.15. The van der Waals surface area contributed by atoms with Gasteiger partial charge in [-0.2, -0.15) is 9.61 Å². The number of anilines is 1. The molecule has 0 atom stereocenters. The number of thioether (sulfide) groups is 1. The number of benzene rings is 2. The predicted octanol–water partition coefficient (Wildman–Crippen LogP) is 4.58. The van der Waals surface area contributed by atoms with Crippen LogP contribution in [0.4, 0.5) is 5.69 Å². The van der Waals surface area contributed by atoms with Gasteiger partial charge in [0.05, 0.1) is 18.5 Å². The highest BCUT2D eigenvalue weighted by Gasteiger charge is 2.28. The minimum Gasteiger partial charge on any atom is -0.497 e. The van der Waals surface area contributed by atoms with Crippen LogP contribution in [-0.2, 0) is 5.75 Å². The number of amides is 1. The molecule has 2 aromatic carbocycles. The van der Waals surface area contributed by atoms with E-state index in [9.17, 15) is 9.59 Å². The Bertz CT molecular complexity index is 1360. The van der Waals surface area contributed by atoms with Crippen LogP contribution >= 0.6 is 23.1 Å². The van der Waals surface area contributed by atoms with Gasteiger partial charge in [0.25, 0.3) is 11.5 Å². The molecule has 4 aromatic rings. The van der Waals surface area contributed by atoms with Crippen LogP contribution in [0.5, 0.6) is 5.75 Å². The molecule has 0 saturated heterocycles. The number of nitrogens with one attached hydrogen (secondary N) is 1. The zero-order chi connectivity index (χ0) is 22.1. The molecule has 1 N–H and O–H groups in total. The monoisotopic (exact) mass is 464 g/mol. The molecule has 2 heterocycles. The summed E-state index contributed by atoms with van der Waals surface area (Å²) in [4.78, 5) is 31.4. The average molecular weight is 465 g/mol. The number of methoxy groups -OCH3 is 1. The fraction of sp³-hybridized carbons (Fsp3) is 0.217. The van der Waals surface area contributed by atoms with Gasteiger partial charge < -0.3 is 10.1 Å². The third-order valence-electron chi connectivity index (χ3n) is 5.08. The average Bonchev–Trinajstić information content (AvgIpc) is 3.57. The second-order valence-electron chi connectivity index (χ2n) is 7.47. The van der Waals surface area contributed by atoms with Crippen LogP contribution in [-0.4, -0.2) is 27.6 Å². The van der Waals surface area contributed by atoms with Crippen LogP contribution in [0.15, 0.2) is 64.3 Å². The summed E-state index contributed by atoms with van der Waals surface area (Å²) in [7, 11) is 1.57. The maximum atomic E-state index is 12.7. The molecule has 1 aliphatic rings. The summed E-state index contributed by atoms with van der Waals surface area (Å²) in [5.41, 5.74) is 1.76. The van der Waals surface area contributed by atoms with Gasteiger partial charge in [-0.3, -0.25) is 9.59 Å². The first-order valence-corrected chi connectivity index (χ1v) is 12.0. The molecule has 162 valence electrons. The number of aromatic nitrogens is 3. The summed E-state index contributed by atoms with van der Waals surface area (Å²) in [5.74, 6) is 1.40. The number of fused-ring (bicyclic) bond motifs is 1. The van der Waals surface area contributed by atoms with Crippen LogP contribution in [0, 0.1) is 0 Å². The minimum atomic E-state index is -0.216. The smallest absolute Gasteiger partial charge is 0.275 e. The normalized spacial score (nSPS) is 13.3. The van der Waals surface area contributed by atoms with Crippen molar-refractivity contribution in [3.8, 4) is 5.75 Å². The fourth-order valence-electron chi connectivity index (χ4n) is 3.25. The molecule has 0 unspecified atom stereocenters. The summed E-state index contributed by atoms with van der Waals surface area (Å²) in [6.45, 7) is 0. The fourth-order valence-corrected chi connectivity index (χ4v) is 5.24. The molecule has 7 nitrogen and oxygen atoms in total. The Morgan fingerprint density at radius 3 is 2.88 bits per heavy atom. The van der Waals surface area contributed by atoms with Crippen molar-refractivity contribution >= 4 is 39.7 Å². The van der Waals surface area contributed by atoms with E-state index in [1.807, 2.05) is 24.3 Å². The Labute approximate surface area is 192 Å². The summed E-state index contributed by atoms with van der Waals surface area (Å²) in [6, 6.07) is 16.1. The quantitative estimate of drug-likeness (QED) is 0.403. The Balaban J connectivity index is 1.33. The van der Waals surface area contributed by atoms with Crippen molar-refractivity contribution in [3.63, 3.8) is 0 Å². The Kier molecular flexibility index (Phi) is 5.67. The molecule has 32 heavy (non-hydrogen) atoms. The standard InChI is InChI=1S/C23H20N4O3S2/c1-30-17-6-4-5-15(11-17)21(29)25-18-7-2-3-8-19(18)31-13-16-12-20(28)27-23(24-16)32-22(26-27)14-9-10-14/h2-8,11-12,14H,9-10,13H2,1H3,(H,25,29). The minimum absolute atomic E-state index is 0.159. The second-order valence-corrected chi connectivity index (χ2v) is 9.47. The van der Waals surface area contributed by atoms with Gasteiger partial charge >= 0.3 is 0 Å². The van der Waals surface area contributed by atoms with Crippen LogP contribution in [0.2, 0.25) is 0 Å². The van der Waals surface area contributed by atoms with E-state index in [1.165, 1.54) is 33.7 Å². The molecule has 5 rings (SSSR count). The predicted molar refractivity (Wildman–Crippen MR) is 126 cm³/mol. The summed E-state index contributed by atoms with van der Waals surface area (Å²) in [5, 5.41) is 8.38. The van der Waals surface area contributed by atoms with Gasteiger partial charge in [-0.1, -0.05) is 29.5 Å². The zero-order valence-electron chi connectivity index (χ0n) is 17.3. The van der Waals surface area contributed by atoms with E-state index in [-0.39, 0.29) is 11.5 Å². The number of para-hydroxylation sites is 1. The van der Waals surface area contributed by atoms with Crippen molar-refractivity contribution in [3.05, 3.63) is 81.2 Å². The van der Waals surface area contributed by atoms with E-state index < -0.39 is 0 Å². The highest BCUT2D eigenvalue weighted by Crippen LogP contribution is 2.41. The van der Waals surface area contributed by atoms with Crippen molar-refractivity contribution < 1.29 is 9.53 Å². The lowest BCUT2D eigenvalue weighted by atomic mass is 10.2. The van der Waals surface area contributed by atoms with Gasteiger partial charge in [-0.15, -0.1) is 11.8 Å². The van der Waals surface area contributed by atoms with Crippen molar-refractivity contribution in [1.82, 2.24) is 14.6 Å². The molecule has 0 spiro atoms. The lowest BCUT2D eigenvalue weighted by molar-refractivity contribution is 0.102. The highest BCUT2D eigenvalue weighted by molar-refractivity contribution is 7.98. The second kappa shape index (κ2) is 8.76. The van der Waals surface area contributed by atoms with E-state index in [0.29, 0.717) is 39.3 Å². The molecule has 0 aliphatic heterocycles. The highest BCUT2D eigenvalue weighted by atomic mass is 32.2. The molecule has 9 heteroatoms. The van der Waals surface area contributed by atoms with Crippen LogP contribution in [0.1, 0.15) is 39.8 Å². The van der Waals surface area contributed by atoms with Gasteiger partial charge in [-0.05, 0) is 43.2 Å². The maximum absolute atomic E-state index is 12.7. The molecule has 1 fully saturated rings. The van der Waals surface area contributed by atoms with Crippen molar-refractivity contribution in [2.75, 3.05) is 12.4 Å². The number of rotatable bonds is 7. The Hall–Kier alpha value is -3.17. The number of ether oxygens (including phenoxy) is 1. The van der Waals surface area contributed by atoms with Gasteiger partial charge in [0.1, 0.15) is 10.8 Å². The van der Waals surface area contributed by atoms with Crippen molar-refractivity contribution in [1.29, 1.82) is 0 Å². The van der Waals surface area contributed by atoms with Crippen LogP contribution < -0.4 is 15.6 Å². The molecule has 1 saturated carbocycles. The summed E-state index contributed by atoms with van der Waals surface area (Å²) in [6.07, 6.45) is 2.27. The van der Waals surface area contributed by atoms with Crippen molar-refractivity contribution in [2.45, 2.75) is 29.4 Å². The topological polar surface area (TPSA) is 85.6 Å². The molecular weight excluding hydrogens is 444 g/mol. The van der Waals surface area contributed by atoms with E-state index in [2.05, 4.69) is 15.4 Å². The zero-order valence-corrected chi connectivity index (χ0v) is 18.9. The number of nitrogens with zero attached hydrogens (tertiary/aromatic N) is 3. The number of hydrogen-bond acceptors (Lipinski definition) is 7. The molecule has 1 amide bonds. The van der Waals surface area contributed by atoms with E-state index in [4.69, 9.17) is 4.74 Å². The van der Waals surface area contributed by atoms with E-state index >= 15 is 0 Å². The van der Waals surface area contributed by atoms with Crippen LogP contribution in [0.3, 0.4) is 0 Å². The number of carbonyl (C=O) groups excluding carboxylic acids is 1. The Morgan fingerprint density at radius 1 is 1.22 bits per heavy atom. The Morgan fingerprint density at radius 2 is 2.06 bits per heavy atom. The first-order chi connectivity index (χ1) is 15.6. The molecular formula is C23H20N4O3S2. The van der Waals surface area contributed by atoms with Crippen molar-refractivity contribution in [2.24, 2.45) is 0 Å². The van der Waals surface area contributed by atoms with E-state index in [0.717, 1.165) is 22.7 Å². The number of carbonyl (C=O) groups is 1. The van der Waals surface area contributed by atoms with Gasteiger partial charge in [0.2, 0.25) is 4.96 Å². The molecule has 0 radical (unpaired) electrons. The third kappa shape index (κ3) is 4.39. The first kappa shape index (κ1) is 20.7. The van der Waals surface area contributed by atoms with Crippen LogP contribution in [0.25, 0.3) is 4.96 Å². The van der Waals surface area contributed by atoms with Gasteiger partial charge in [-0.25, -0.2) is 4.98 Å². The molecule has 0 bridgehead atoms. The van der Waals surface area contributed by atoms with Gasteiger partial charge in [0.15, 0.2) is 0 Å². The first-order valence-electron chi connectivity index (χ1n) is 10.2. The molecule has 1 aliphatic carbocycles. The summed E-state index contributed by atoms with van der Waals surface area (Å²) >= 11 is 3.02. The third-order valence-corrected chi connectivity index (χ3v) is 7.26. The molecule has 2 aromatic heterocycles. The summed E-state index contributed by atoms with van der Waals surface area (Å²) < 4.78 is 6.60. The SMILES string of the molecule is COc1cccc(C(=O)Nc2ccccc2SCc2cc(=O)n3nc(C4CC4)sc3n2)c1. The van der Waals surface area contributed by atoms with E-state index in [1.54, 1.807) is 31.4 Å². The number of hydrogen-bond donors (Lipinski definition) is 1. The maximum Gasteiger partial charge on any atom is 0.275 e. The lowest BCUT2D eigenvalue weighted by Gasteiger charge is -2.11. The van der Waals surface area contributed by atoms with Gasteiger partial charge in [0, 0.05) is 28.2 Å².